The smallest absolute Gasteiger partial charge is 0.408 e. The molecule has 3 nitrogen and oxygen atoms in total. The van der Waals surface area contributed by atoms with Crippen molar-refractivity contribution < 1.29 is 9.53 Å². The molecule has 3 heteroatoms. The zero-order valence-corrected chi connectivity index (χ0v) is 9.74. The van der Waals surface area contributed by atoms with Gasteiger partial charge < -0.3 is 10.1 Å². The molecule has 1 unspecified atom stereocenters. The van der Waals surface area contributed by atoms with Crippen molar-refractivity contribution in [2.24, 2.45) is 0 Å². The molecule has 0 aromatic heterocycles. The predicted octanol–water partition coefficient (Wildman–Crippen LogP) is 3.21. The lowest BCUT2D eigenvalue weighted by atomic mass is 9.97. The van der Waals surface area contributed by atoms with Gasteiger partial charge in [0.2, 0.25) is 0 Å². The molecule has 2 atom stereocenters. The third-order valence-corrected chi connectivity index (χ3v) is 3.10. The summed E-state index contributed by atoms with van der Waals surface area (Å²) in [7, 11) is 0. The fourth-order valence-corrected chi connectivity index (χ4v) is 2.24. The highest BCUT2D eigenvalue weighted by molar-refractivity contribution is 5.71. The summed E-state index contributed by atoms with van der Waals surface area (Å²) in [5.74, 6) is 0. The van der Waals surface area contributed by atoms with E-state index in [0.717, 1.165) is 11.1 Å². The molecule has 1 saturated heterocycles. The van der Waals surface area contributed by atoms with Gasteiger partial charge in [-0.1, -0.05) is 60.7 Å². The summed E-state index contributed by atoms with van der Waals surface area (Å²) in [4.78, 5) is 11.5. The van der Waals surface area contributed by atoms with Gasteiger partial charge in [0.05, 0.1) is 6.04 Å². The van der Waals surface area contributed by atoms with Crippen LogP contribution in [0.25, 0.3) is 0 Å². The quantitative estimate of drug-likeness (QED) is 0.873. The third-order valence-electron chi connectivity index (χ3n) is 3.10. The molecule has 1 fully saturated rings. The van der Waals surface area contributed by atoms with Gasteiger partial charge in [-0.15, -0.1) is 0 Å². The van der Waals surface area contributed by atoms with Crippen LogP contribution in [0.2, 0.25) is 0 Å². The Morgan fingerprint density at radius 2 is 1.39 bits per heavy atom. The van der Waals surface area contributed by atoms with Crippen molar-refractivity contribution in [2.45, 2.75) is 12.1 Å². The Labute approximate surface area is 105 Å². The lowest BCUT2D eigenvalue weighted by Crippen LogP contribution is -2.19. The lowest BCUT2D eigenvalue weighted by Gasteiger charge is -2.17. The van der Waals surface area contributed by atoms with Crippen LogP contribution in [0.1, 0.15) is 23.3 Å². The van der Waals surface area contributed by atoms with Crippen molar-refractivity contribution in [2.75, 3.05) is 0 Å². The predicted molar refractivity (Wildman–Crippen MR) is 68.0 cm³/mol. The molecule has 2 aromatic rings. The molecule has 0 aliphatic carbocycles. The van der Waals surface area contributed by atoms with Crippen LogP contribution >= 0.6 is 0 Å². The number of carbonyl (C=O) groups excluding carboxylic acids is 1. The third kappa shape index (κ3) is 1.95. The van der Waals surface area contributed by atoms with Crippen molar-refractivity contribution in [1.29, 1.82) is 0 Å². The fourth-order valence-electron chi connectivity index (χ4n) is 2.24. The Morgan fingerprint density at radius 1 is 0.833 bits per heavy atom. The first-order valence-electron chi connectivity index (χ1n) is 5.91. The average Bonchev–Trinajstić information content (AvgIpc) is 2.83. The molecular weight excluding hydrogens is 226 g/mol. The van der Waals surface area contributed by atoms with Crippen LogP contribution in [-0.2, 0) is 4.74 Å². The Balaban J connectivity index is 1.96. The summed E-state index contributed by atoms with van der Waals surface area (Å²) in [5.41, 5.74) is 2.06. The molecule has 2 aromatic carbocycles. The SMILES string of the molecule is O=C1NC(c2ccccc2)[C@@H](c2ccccc2)O1. The van der Waals surface area contributed by atoms with Crippen molar-refractivity contribution >= 4 is 6.09 Å². The number of benzene rings is 2. The summed E-state index contributed by atoms with van der Waals surface area (Å²) in [6.45, 7) is 0. The minimum absolute atomic E-state index is 0.124. The highest BCUT2D eigenvalue weighted by Crippen LogP contribution is 2.36. The van der Waals surface area contributed by atoms with E-state index in [1.807, 2.05) is 60.7 Å². The van der Waals surface area contributed by atoms with E-state index >= 15 is 0 Å². The molecule has 0 bridgehead atoms. The number of hydrogen-bond donors (Lipinski definition) is 1. The normalized spacial score (nSPS) is 22.3. The summed E-state index contributed by atoms with van der Waals surface area (Å²) in [6.07, 6.45) is -0.626. The second kappa shape index (κ2) is 4.53. The number of ether oxygens (including phenoxy) is 1. The van der Waals surface area contributed by atoms with E-state index < -0.39 is 0 Å². The number of carbonyl (C=O) groups is 1. The lowest BCUT2D eigenvalue weighted by molar-refractivity contribution is 0.132. The van der Waals surface area contributed by atoms with E-state index in [2.05, 4.69) is 5.32 Å². The molecule has 1 heterocycles. The summed E-state index contributed by atoms with van der Waals surface area (Å²) in [5, 5.41) is 2.86. The molecule has 0 radical (unpaired) electrons. The average molecular weight is 239 g/mol. The molecule has 0 spiro atoms. The zero-order chi connectivity index (χ0) is 12.4. The zero-order valence-electron chi connectivity index (χ0n) is 9.74. The van der Waals surface area contributed by atoms with Crippen LogP contribution in [0, 0.1) is 0 Å². The minimum atomic E-state index is -0.363. The van der Waals surface area contributed by atoms with Crippen molar-refractivity contribution in [1.82, 2.24) is 5.32 Å². The van der Waals surface area contributed by atoms with E-state index in [-0.39, 0.29) is 18.2 Å². The largest absolute Gasteiger partial charge is 0.439 e. The number of nitrogens with one attached hydrogen (secondary N) is 1. The van der Waals surface area contributed by atoms with Crippen LogP contribution in [0.5, 0.6) is 0 Å². The van der Waals surface area contributed by atoms with E-state index in [4.69, 9.17) is 4.74 Å². The Bertz CT molecular complexity index is 489. The molecule has 18 heavy (non-hydrogen) atoms. The fraction of sp³-hybridized carbons (Fsp3) is 0.133. The number of rotatable bonds is 2. The van der Waals surface area contributed by atoms with Crippen LogP contribution in [0.4, 0.5) is 4.79 Å². The van der Waals surface area contributed by atoms with Crippen LogP contribution in [-0.4, -0.2) is 6.09 Å². The first-order chi connectivity index (χ1) is 8.84. The van der Waals surface area contributed by atoms with E-state index in [0.29, 0.717) is 0 Å². The molecule has 90 valence electrons. The number of cyclic esters (lactones) is 1. The van der Waals surface area contributed by atoms with Gasteiger partial charge in [-0.3, -0.25) is 0 Å². The topological polar surface area (TPSA) is 38.3 Å². The van der Waals surface area contributed by atoms with Crippen LogP contribution in [0.15, 0.2) is 60.7 Å². The molecule has 0 saturated carbocycles. The molecule has 1 amide bonds. The standard InChI is InChI=1S/C15H13NO2/c17-15-16-13(11-7-3-1-4-8-11)14(18-15)12-9-5-2-6-10-12/h1-10,13-14H,(H,16,17)/t13?,14-/m1/s1. The van der Waals surface area contributed by atoms with Gasteiger partial charge in [-0.05, 0) is 11.1 Å². The Hall–Kier alpha value is -2.29. The van der Waals surface area contributed by atoms with Gasteiger partial charge in [0.15, 0.2) is 6.10 Å². The van der Waals surface area contributed by atoms with Gasteiger partial charge in [0, 0.05) is 0 Å². The number of amides is 1. The maximum Gasteiger partial charge on any atom is 0.408 e. The first-order valence-corrected chi connectivity index (χ1v) is 5.91. The number of hydrogen-bond acceptors (Lipinski definition) is 2. The van der Waals surface area contributed by atoms with Crippen LogP contribution in [0.3, 0.4) is 0 Å². The second-order valence-corrected chi connectivity index (χ2v) is 4.27. The van der Waals surface area contributed by atoms with Crippen molar-refractivity contribution in [3.8, 4) is 0 Å². The minimum Gasteiger partial charge on any atom is -0.439 e. The number of alkyl carbamates (subject to hydrolysis) is 1. The van der Waals surface area contributed by atoms with Gasteiger partial charge in [0.1, 0.15) is 0 Å². The molecule has 3 rings (SSSR count). The van der Waals surface area contributed by atoms with Gasteiger partial charge in [0.25, 0.3) is 0 Å². The molecule has 1 N–H and O–H groups in total. The highest BCUT2D eigenvalue weighted by Gasteiger charge is 2.35. The Morgan fingerprint density at radius 3 is 2.00 bits per heavy atom. The Kier molecular flexibility index (Phi) is 2.73. The first kappa shape index (κ1) is 10.8. The van der Waals surface area contributed by atoms with Crippen LogP contribution < -0.4 is 5.32 Å². The summed E-state index contributed by atoms with van der Waals surface area (Å²) in [6, 6.07) is 19.5. The van der Waals surface area contributed by atoms with Crippen molar-refractivity contribution in [3.63, 3.8) is 0 Å². The highest BCUT2D eigenvalue weighted by atomic mass is 16.6. The van der Waals surface area contributed by atoms with Gasteiger partial charge >= 0.3 is 6.09 Å². The second-order valence-electron chi connectivity index (χ2n) is 4.27. The van der Waals surface area contributed by atoms with Gasteiger partial charge in [-0.2, -0.15) is 0 Å². The molecule has 1 aliphatic rings. The van der Waals surface area contributed by atoms with E-state index in [9.17, 15) is 4.79 Å². The van der Waals surface area contributed by atoms with Crippen molar-refractivity contribution in [3.05, 3.63) is 71.8 Å². The monoisotopic (exact) mass is 239 g/mol. The van der Waals surface area contributed by atoms with E-state index in [1.165, 1.54) is 0 Å². The molecule has 1 aliphatic heterocycles. The molecular formula is C15H13NO2. The summed E-state index contributed by atoms with van der Waals surface area (Å²) < 4.78 is 5.36. The maximum absolute atomic E-state index is 11.5. The summed E-state index contributed by atoms with van der Waals surface area (Å²) >= 11 is 0. The van der Waals surface area contributed by atoms with Gasteiger partial charge in [-0.25, -0.2) is 4.79 Å². The van der Waals surface area contributed by atoms with E-state index in [1.54, 1.807) is 0 Å². The maximum atomic E-state index is 11.5.